The van der Waals surface area contributed by atoms with E-state index in [-0.39, 0.29) is 0 Å². The molecule has 0 aromatic carbocycles. The fraction of sp³-hybridized carbons (Fsp3) is 0.800. The molecule has 2 aliphatic carbocycles. The van der Waals surface area contributed by atoms with Gasteiger partial charge < -0.3 is 10.3 Å². The highest BCUT2D eigenvalue weighted by Gasteiger charge is 2.25. The van der Waals surface area contributed by atoms with Crippen molar-refractivity contribution in [2.75, 3.05) is 0 Å². The monoisotopic (exact) mass is 247 g/mol. The Labute approximate surface area is 110 Å². The Hall–Kier alpha value is -0.830. The molecule has 0 radical (unpaired) electrons. The fourth-order valence-electron chi connectivity index (χ4n) is 3.62. The molecule has 3 heteroatoms. The number of fused-ring (bicyclic) bond motifs is 1. The normalized spacial score (nSPS) is 29.4. The van der Waals surface area contributed by atoms with Crippen LogP contribution in [0.4, 0.5) is 0 Å². The Bertz CT molecular complexity index is 396. The summed E-state index contributed by atoms with van der Waals surface area (Å²) in [4.78, 5) is 4.63. The first-order chi connectivity index (χ1) is 8.86. The molecular formula is C15H25N3. The van der Waals surface area contributed by atoms with Crippen LogP contribution in [0.2, 0.25) is 0 Å². The van der Waals surface area contributed by atoms with Gasteiger partial charge in [-0.05, 0) is 38.5 Å². The molecule has 0 spiro atoms. The number of imidazole rings is 1. The summed E-state index contributed by atoms with van der Waals surface area (Å²) in [6, 6.07) is 0.824. The quantitative estimate of drug-likeness (QED) is 0.829. The Morgan fingerprint density at radius 2 is 1.78 bits per heavy atom. The van der Waals surface area contributed by atoms with Crippen LogP contribution in [0.15, 0.2) is 6.33 Å². The summed E-state index contributed by atoms with van der Waals surface area (Å²) in [5, 5.41) is 0. The van der Waals surface area contributed by atoms with Gasteiger partial charge in [-0.25, -0.2) is 4.98 Å². The van der Waals surface area contributed by atoms with Crippen LogP contribution < -0.4 is 5.73 Å². The molecule has 1 aromatic heterocycles. The van der Waals surface area contributed by atoms with Crippen molar-refractivity contribution in [1.82, 2.24) is 9.55 Å². The van der Waals surface area contributed by atoms with Gasteiger partial charge in [0.2, 0.25) is 0 Å². The third kappa shape index (κ3) is 2.33. The Morgan fingerprint density at radius 3 is 2.67 bits per heavy atom. The van der Waals surface area contributed by atoms with E-state index in [9.17, 15) is 0 Å². The van der Waals surface area contributed by atoms with Crippen molar-refractivity contribution in [2.45, 2.75) is 76.3 Å². The molecule has 1 saturated carbocycles. The smallest absolute Gasteiger partial charge is 0.0954 e. The second-order valence-corrected chi connectivity index (χ2v) is 5.98. The van der Waals surface area contributed by atoms with E-state index in [1.165, 1.54) is 75.6 Å². The van der Waals surface area contributed by atoms with Gasteiger partial charge in [-0.1, -0.05) is 25.7 Å². The van der Waals surface area contributed by atoms with Crippen molar-refractivity contribution < 1.29 is 0 Å². The van der Waals surface area contributed by atoms with Gasteiger partial charge in [-0.3, -0.25) is 0 Å². The first-order valence-electron chi connectivity index (χ1n) is 7.66. The zero-order chi connectivity index (χ0) is 12.4. The van der Waals surface area contributed by atoms with Gasteiger partial charge in [0.15, 0.2) is 0 Å². The zero-order valence-electron chi connectivity index (χ0n) is 11.3. The minimum atomic E-state index is 0.325. The Balaban J connectivity index is 1.85. The highest BCUT2D eigenvalue weighted by molar-refractivity contribution is 5.17. The molecule has 3 rings (SSSR count). The summed E-state index contributed by atoms with van der Waals surface area (Å²) in [7, 11) is 0. The van der Waals surface area contributed by atoms with E-state index < -0.39 is 0 Å². The molecule has 1 heterocycles. The molecule has 100 valence electrons. The molecule has 2 N–H and O–H groups in total. The van der Waals surface area contributed by atoms with Crippen LogP contribution in [-0.4, -0.2) is 15.6 Å². The second kappa shape index (κ2) is 5.43. The summed E-state index contributed by atoms with van der Waals surface area (Å²) >= 11 is 0. The van der Waals surface area contributed by atoms with Gasteiger partial charge in [0.1, 0.15) is 0 Å². The van der Waals surface area contributed by atoms with Crippen LogP contribution in [0.1, 0.15) is 68.8 Å². The molecule has 18 heavy (non-hydrogen) atoms. The number of rotatable bonds is 1. The highest BCUT2D eigenvalue weighted by atomic mass is 15.1. The Kier molecular flexibility index (Phi) is 3.69. The van der Waals surface area contributed by atoms with Crippen molar-refractivity contribution in [1.29, 1.82) is 0 Å². The first-order valence-corrected chi connectivity index (χ1v) is 7.66. The standard InChI is InChI=1S/C15H25N3/c16-12-7-3-1-2-4-9-14(12)18-11-17-13-8-5-6-10-15(13)18/h11-12,14H,1-10,16H2. The molecule has 0 saturated heterocycles. The van der Waals surface area contributed by atoms with Crippen LogP contribution >= 0.6 is 0 Å². The predicted molar refractivity (Wildman–Crippen MR) is 73.6 cm³/mol. The number of hydrogen-bond acceptors (Lipinski definition) is 2. The van der Waals surface area contributed by atoms with E-state index in [0.717, 1.165) is 0 Å². The van der Waals surface area contributed by atoms with E-state index in [0.29, 0.717) is 12.1 Å². The summed E-state index contributed by atoms with van der Waals surface area (Å²) in [6.45, 7) is 0. The molecule has 1 aromatic rings. The summed E-state index contributed by atoms with van der Waals surface area (Å²) in [5.41, 5.74) is 9.26. The van der Waals surface area contributed by atoms with E-state index >= 15 is 0 Å². The molecule has 1 fully saturated rings. The predicted octanol–water partition coefficient (Wildman–Crippen LogP) is 2.98. The SMILES string of the molecule is NC1CCCCCCC1n1cnc2c1CCCC2. The molecule has 2 unspecified atom stereocenters. The summed E-state index contributed by atoms with van der Waals surface area (Å²) in [5.74, 6) is 0. The second-order valence-electron chi connectivity index (χ2n) is 5.98. The number of aryl methyl sites for hydroxylation is 1. The lowest BCUT2D eigenvalue weighted by Crippen LogP contribution is -2.34. The van der Waals surface area contributed by atoms with Gasteiger partial charge in [-0.2, -0.15) is 0 Å². The van der Waals surface area contributed by atoms with Crippen LogP contribution in [-0.2, 0) is 12.8 Å². The van der Waals surface area contributed by atoms with Gasteiger partial charge in [0, 0.05) is 17.8 Å². The number of hydrogen-bond donors (Lipinski definition) is 1. The summed E-state index contributed by atoms with van der Waals surface area (Å²) in [6.07, 6.45) is 14.9. The molecule has 3 nitrogen and oxygen atoms in total. The maximum absolute atomic E-state index is 6.42. The molecule has 2 aliphatic rings. The third-order valence-corrected chi connectivity index (χ3v) is 4.70. The van der Waals surface area contributed by atoms with Crippen LogP contribution in [0, 0.1) is 0 Å². The van der Waals surface area contributed by atoms with Gasteiger partial charge in [-0.15, -0.1) is 0 Å². The average molecular weight is 247 g/mol. The van der Waals surface area contributed by atoms with Crippen LogP contribution in [0.25, 0.3) is 0 Å². The molecule has 0 aliphatic heterocycles. The van der Waals surface area contributed by atoms with Gasteiger partial charge in [0.05, 0.1) is 12.0 Å². The lowest BCUT2D eigenvalue weighted by atomic mass is 9.92. The number of nitrogens with zero attached hydrogens (tertiary/aromatic N) is 2. The van der Waals surface area contributed by atoms with E-state index in [2.05, 4.69) is 15.9 Å². The van der Waals surface area contributed by atoms with E-state index in [1.54, 1.807) is 0 Å². The minimum Gasteiger partial charge on any atom is -0.330 e. The zero-order valence-corrected chi connectivity index (χ0v) is 11.3. The molecule has 0 bridgehead atoms. The molecular weight excluding hydrogens is 222 g/mol. The lowest BCUT2D eigenvalue weighted by Gasteiger charge is -2.29. The minimum absolute atomic E-state index is 0.325. The first kappa shape index (κ1) is 12.2. The molecule has 0 amide bonds. The van der Waals surface area contributed by atoms with Crippen LogP contribution in [0.5, 0.6) is 0 Å². The summed E-state index contributed by atoms with van der Waals surface area (Å²) < 4.78 is 2.44. The largest absolute Gasteiger partial charge is 0.330 e. The van der Waals surface area contributed by atoms with Gasteiger partial charge >= 0.3 is 0 Å². The number of nitrogens with two attached hydrogens (primary N) is 1. The maximum Gasteiger partial charge on any atom is 0.0954 e. The average Bonchev–Trinajstić information content (AvgIpc) is 2.78. The topological polar surface area (TPSA) is 43.8 Å². The fourth-order valence-corrected chi connectivity index (χ4v) is 3.62. The Morgan fingerprint density at radius 1 is 1.00 bits per heavy atom. The molecule has 2 atom stereocenters. The van der Waals surface area contributed by atoms with Crippen LogP contribution in [0.3, 0.4) is 0 Å². The third-order valence-electron chi connectivity index (χ3n) is 4.70. The van der Waals surface area contributed by atoms with Crippen molar-refractivity contribution in [3.8, 4) is 0 Å². The van der Waals surface area contributed by atoms with E-state index in [1.807, 2.05) is 0 Å². The lowest BCUT2D eigenvalue weighted by molar-refractivity contribution is 0.319. The maximum atomic E-state index is 6.42. The van der Waals surface area contributed by atoms with Crippen molar-refractivity contribution in [3.05, 3.63) is 17.7 Å². The van der Waals surface area contributed by atoms with Gasteiger partial charge in [0.25, 0.3) is 0 Å². The van der Waals surface area contributed by atoms with E-state index in [4.69, 9.17) is 5.73 Å². The number of aromatic nitrogens is 2. The van der Waals surface area contributed by atoms with Crippen molar-refractivity contribution in [3.63, 3.8) is 0 Å². The highest BCUT2D eigenvalue weighted by Crippen LogP contribution is 2.30. The van der Waals surface area contributed by atoms with Crippen molar-refractivity contribution >= 4 is 0 Å². The van der Waals surface area contributed by atoms with Crippen molar-refractivity contribution in [2.24, 2.45) is 5.73 Å².